The molecule has 4 heteroatoms. The number of benzene rings is 1. The van der Waals surface area contributed by atoms with Crippen LogP contribution >= 0.6 is 27.3 Å². The summed E-state index contributed by atoms with van der Waals surface area (Å²) in [5.74, 6) is 0. The molecular weight excluding hydrogens is 272 g/mol. The number of hydrogen-bond donors (Lipinski definition) is 2. The van der Waals surface area contributed by atoms with Gasteiger partial charge in [0, 0.05) is 25.6 Å². The van der Waals surface area contributed by atoms with Gasteiger partial charge < -0.3 is 11.5 Å². The smallest absolute Gasteiger partial charge is 0.0489 e. The molecule has 0 saturated carbocycles. The Morgan fingerprint density at radius 1 is 1.07 bits per heavy atom. The zero-order valence-corrected chi connectivity index (χ0v) is 10.7. The number of rotatable bonds is 1. The molecule has 1 aromatic carbocycles. The van der Waals surface area contributed by atoms with E-state index < -0.39 is 0 Å². The predicted molar refractivity (Wildman–Crippen MR) is 71.0 cm³/mol. The Balaban J connectivity index is 2.58. The van der Waals surface area contributed by atoms with Crippen LogP contribution in [0.25, 0.3) is 10.4 Å². The number of thiophene rings is 1. The molecule has 0 aliphatic rings. The number of anilines is 2. The first-order valence-electron chi connectivity index (χ1n) is 4.48. The third-order valence-corrected chi connectivity index (χ3v) is 4.04. The van der Waals surface area contributed by atoms with Crippen molar-refractivity contribution in [2.45, 2.75) is 6.92 Å². The van der Waals surface area contributed by atoms with Crippen molar-refractivity contribution in [1.29, 1.82) is 0 Å². The molecule has 0 spiro atoms. The zero-order chi connectivity index (χ0) is 11.0. The predicted octanol–water partition coefficient (Wildman–Crippen LogP) is 3.65. The fourth-order valence-corrected chi connectivity index (χ4v) is 3.35. The first-order chi connectivity index (χ1) is 7.06. The summed E-state index contributed by atoms with van der Waals surface area (Å²) in [5, 5.41) is 0. The number of halogens is 1. The number of nitrogens with two attached hydrogens (primary N) is 2. The first-order valence-corrected chi connectivity index (χ1v) is 6.09. The highest BCUT2D eigenvalue weighted by molar-refractivity contribution is 9.10. The Hall–Kier alpha value is -1.00. The highest BCUT2D eigenvalue weighted by Gasteiger charge is 2.08. The van der Waals surface area contributed by atoms with Crippen LogP contribution < -0.4 is 11.5 Å². The minimum atomic E-state index is 0.697. The minimum Gasteiger partial charge on any atom is -0.399 e. The van der Waals surface area contributed by atoms with Crippen LogP contribution in [0.4, 0.5) is 11.4 Å². The van der Waals surface area contributed by atoms with Crippen molar-refractivity contribution in [3.05, 3.63) is 33.6 Å². The van der Waals surface area contributed by atoms with Crippen molar-refractivity contribution < 1.29 is 0 Å². The van der Waals surface area contributed by atoms with Crippen LogP contribution in [0.2, 0.25) is 0 Å². The largest absolute Gasteiger partial charge is 0.399 e. The molecule has 2 aromatic rings. The lowest BCUT2D eigenvalue weighted by atomic mass is 10.1. The molecule has 0 bridgehead atoms. The van der Waals surface area contributed by atoms with Gasteiger partial charge in [0.05, 0.1) is 0 Å². The van der Waals surface area contributed by atoms with Crippen molar-refractivity contribution in [2.75, 3.05) is 11.5 Å². The molecule has 2 rings (SSSR count). The summed E-state index contributed by atoms with van der Waals surface area (Å²) >= 11 is 5.26. The highest BCUT2D eigenvalue weighted by atomic mass is 79.9. The van der Waals surface area contributed by atoms with E-state index in [-0.39, 0.29) is 0 Å². The van der Waals surface area contributed by atoms with Gasteiger partial charge in [0.2, 0.25) is 0 Å². The maximum absolute atomic E-state index is 5.76. The normalized spacial score (nSPS) is 10.5. The Bertz CT molecular complexity index is 485. The van der Waals surface area contributed by atoms with Crippen LogP contribution in [-0.4, -0.2) is 0 Å². The van der Waals surface area contributed by atoms with Gasteiger partial charge in [-0.25, -0.2) is 0 Å². The van der Waals surface area contributed by atoms with E-state index in [1.807, 2.05) is 12.1 Å². The summed E-state index contributed by atoms with van der Waals surface area (Å²) < 4.78 is 1.09. The Labute approximate surface area is 101 Å². The van der Waals surface area contributed by atoms with Crippen LogP contribution in [0, 0.1) is 6.92 Å². The Morgan fingerprint density at radius 3 is 2.13 bits per heavy atom. The number of aryl methyl sites for hydroxylation is 1. The Morgan fingerprint density at radius 2 is 1.67 bits per heavy atom. The van der Waals surface area contributed by atoms with Gasteiger partial charge in [-0.15, -0.1) is 11.3 Å². The van der Waals surface area contributed by atoms with Crippen molar-refractivity contribution in [3.63, 3.8) is 0 Å². The van der Waals surface area contributed by atoms with Gasteiger partial charge in [0.15, 0.2) is 0 Å². The molecule has 0 amide bonds. The second kappa shape index (κ2) is 3.87. The quantitative estimate of drug-likeness (QED) is 0.785. The van der Waals surface area contributed by atoms with Crippen molar-refractivity contribution in [2.24, 2.45) is 0 Å². The molecule has 0 radical (unpaired) electrons. The van der Waals surface area contributed by atoms with Gasteiger partial charge in [-0.3, -0.25) is 0 Å². The maximum Gasteiger partial charge on any atom is 0.0489 e. The van der Waals surface area contributed by atoms with Gasteiger partial charge in [-0.1, -0.05) is 0 Å². The van der Waals surface area contributed by atoms with Crippen molar-refractivity contribution >= 4 is 38.6 Å². The summed E-state index contributed by atoms with van der Waals surface area (Å²) in [5.41, 5.74) is 14.0. The van der Waals surface area contributed by atoms with E-state index in [9.17, 15) is 0 Å². The van der Waals surface area contributed by atoms with Gasteiger partial charge in [0.1, 0.15) is 0 Å². The Kier molecular flexibility index (Phi) is 2.71. The average Bonchev–Trinajstić information content (AvgIpc) is 2.43. The van der Waals surface area contributed by atoms with Gasteiger partial charge in [-0.2, -0.15) is 0 Å². The molecule has 1 heterocycles. The molecule has 0 unspecified atom stereocenters. The van der Waals surface area contributed by atoms with E-state index in [0.29, 0.717) is 11.4 Å². The lowest BCUT2D eigenvalue weighted by molar-refractivity contribution is 1.61. The summed E-state index contributed by atoms with van der Waals surface area (Å²) in [4.78, 5) is 2.43. The lowest BCUT2D eigenvalue weighted by Crippen LogP contribution is -1.90. The SMILES string of the molecule is Cc1cc(Br)c(-c2cc(N)cc(N)c2)s1. The summed E-state index contributed by atoms with van der Waals surface area (Å²) in [7, 11) is 0. The van der Waals surface area contributed by atoms with E-state index in [1.54, 1.807) is 17.4 Å². The van der Waals surface area contributed by atoms with E-state index >= 15 is 0 Å². The van der Waals surface area contributed by atoms with E-state index in [2.05, 4.69) is 28.9 Å². The van der Waals surface area contributed by atoms with Crippen LogP contribution in [0.5, 0.6) is 0 Å². The first kappa shape index (κ1) is 10.5. The second-order valence-corrected chi connectivity index (χ2v) is 5.53. The van der Waals surface area contributed by atoms with Crippen LogP contribution in [0.15, 0.2) is 28.7 Å². The number of nitrogen functional groups attached to an aromatic ring is 2. The topological polar surface area (TPSA) is 52.0 Å². The van der Waals surface area contributed by atoms with Crippen LogP contribution in [-0.2, 0) is 0 Å². The highest BCUT2D eigenvalue weighted by Crippen LogP contribution is 2.37. The molecule has 2 nitrogen and oxygen atoms in total. The zero-order valence-electron chi connectivity index (χ0n) is 8.25. The van der Waals surface area contributed by atoms with Crippen molar-refractivity contribution in [1.82, 2.24) is 0 Å². The number of hydrogen-bond acceptors (Lipinski definition) is 3. The molecule has 4 N–H and O–H groups in total. The molecule has 15 heavy (non-hydrogen) atoms. The summed E-state index contributed by atoms with van der Waals surface area (Å²) in [6, 6.07) is 7.73. The molecule has 0 aliphatic heterocycles. The lowest BCUT2D eigenvalue weighted by Gasteiger charge is -2.03. The third kappa shape index (κ3) is 2.16. The molecule has 0 atom stereocenters. The third-order valence-electron chi connectivity index (χ3n) is 2.05. The molecule has 0 fully saturated rings. The van der Waals surface area contributed by atoms with Gasteiger partial charge >= 0.3 is 0 Å². The fraction of sp³-hybridized carbons (Fsp3) is 0.0909. The van der Waals surface area contributed by atoms with Gasteiger partial charge in [-0.05, 0) is 52.7 Å². The monoisotopic (exact) mass is 282 g/mol. The molecule has 1 aromatic heterocycles. The molecule has 0 saturated heterocycles. The summed E-state index contributed by atoms with van der Waals surface area (Å²) in [6.45, 7) is 2.08. The molecule has 0 aliphatic carbocycles. The van der Waals surface area contributed by atoms with Gasteiger partial charge in [0.25, 0.3) is 0 Å². The average molecular weight is 283 g/mol. The molecule has 78 valence electrons. The van der Waals surface area contributed by atoms with Crippen molar-refractivity contribution in [3.8, 4) is 10.4 Å². The van der Waals surface area contributed by atoms with E-state index in [1.165, 1.54) is 9.75 Å². The van der Waals surface area contributed by atoms with Crippen LogP contribution in [0.1, 0.15) is 4.88 Å². The summed E-state index contributed by atoms with van der Waals surface area (Å²) in [6.07, 6.45) is 0. The fourth-order valence-electron chi connectivity index (χ4n) is 1.49. The standard InChI is InChI=1S/C11H11BrN2S/c1-6-2-10(12)11(15-6)7-3-8(13)5-9(14)4-7/h2-5H,13-14H2,1H3. The van der Waals surface area contributed by atoms with Crippen LogP contribution in [0.3, 0.4) is 0 Å². The van der Waals surface area contributed by atoms with E-state index in [4.69, 9.17) is 11.5 Å². The minimum absolute atomic E-state index is 0.697. The second-order valence-electron chi connectivity index (χ2n) is 3.42. The van der Waals surface area contributed by atoms with E-state index in [0.717, 1.165) is 10.0 Å². The molecular formula is C11H11BrN2S. The maximum atomic E-state index is 5.76.